The lowest BCUT2D eigenvalue weighted by Crippen LogP contribution is -2.24. The monoisotopic (exact) mass is 542 g/mol. The van der Waals surface area contributed by atoms with E-state index < -0.39 is 29.2 Å². The molecule has 2 aromatic carbocycles. The standard InChI is InChI=1S/C23H19Cl2F3N4O4/c1-3-32(4-2)22-29-11-18(20(31-22)36-13-7-5-6-12(8-13)23(26,27)28)30-19(33)14-9-16(24)17(25)10-15(14)21(34)35/h5-11H,3-4H2,1-2H3,(H,30,33)(H,34,35). The SMILES string of the molecule is CCN(CC)c1ncc(NC(=O)c2cc(Cl)c(Cl)cc2C(=O)O)c(Oc2cccc(C(F)(F)F)c2)n1. The van der Waals surface area contributed by atoms with Gasteiger partial charge in [-0.15, -0.1) is 0 Å². The first-order valence-corrected chi connectivity index (χ1v) is 11.2. The Balaban J connectivity index is 2.04. The van der Waals surface area contributed by atoms with Crippen LogP contribution in [-0.4, -0.2) is 40.0 Å². The largest absolute Gasteiger partial charge is 0.478 e. The molecule has 1 heterocycles. The van der Waals surface area contributed by atoms with Gasteiger partial charge in [0.2, 0.25) is 11.8 Å². The van der Waals surface area contributed by atoms with Crippen LogP contribution in [0.5, 0.6) is 11.6 Å². The average Bonchev–Trinajstić information content (AvgIpc) is 2.82. The lowest BCUT2D eigenvalue weighted by atomic mass is 10.1. The normalized spacial score (nSPS) is 11.2. The van der Waals surface area contributed by atoms with Crippen molar-refractivity contribution in [2.24, 2.45) is 0 Å². The van der Waals surface area contributed by atoms with Crippen LogP contribution in [-0.2, 0) is 6.18 Å². The van der Waals surface area contributed by atoms with E-state index in [1.807, 2.05) is 13.8 Å². The molecule has 0 unspecified atom stereocenters. The van der Waals surface area contributed by atoms with E-state index >= 15 is 0 Å². The second kappa shape index (κ2) is 11.0. The lowest BCUT2D eigenvalue weighted by molar-refractivity contribution is -0.137. The molecule has 0 aliphatic heterocycles. The van der Waals surface area contributed by atoms with Crippen LogP contribution >= 0.6 is 23.2 Å². The number of halogens is 5. The number of carbonyl (C=O) groups excluding carboxylic acids is 1. The number of rotatable bonds is 8. The highest BCUT2D eigenvalue weighted by Gasteiger charge is 2.31. The second-order valence-corrected chi connectivity index (χ2v) is 8.07. The van der Waals surface area contributed by atoms with Gasteiger partial charge in [-0.1, -0.05) is 29.3 Å². The van der Waals surface area contributed by atoms with Gasteiger partial charge in [-0.25, -0.2) is 9.78 Å². The highest BCUT2D eigenvalue weighted by Crippen LogP contribution is 2.35. The second-order valence-electron chi connectivity index (χ2n) is 7.26. The maximum Gasteiger partial charge on any atom is 0.416 e. The zero-order valence-electron chi connectivity index (χ0n) is 18.9. The zero-order valence-corrected chi connectivity index (χ0v) is 20.4. The molecule has 0 fully saturated rings. The number of nitrogens with zero attached hydrogens (tertiary/aromatic N) is 3. The van der Waals surface area contributed by atoms with Gasteiger partial charge in [-0.3, -0.25) is 4.79 Å². The number of carboxylic acids is 1. The molecule has 0 bridgehead atoms. The summed E-state index contributed by atoms with van der Waals surface area (Å²) in [6.45, 7) is 4.76. The minimum Gasteiger partial charge on any atom is -0.478 e. The van der Waals surface area contributed by atoms with Crippen molar-refractivity contribution in [1.82, 2.24) is 9.97 Å². The van der Waals surface area contributed by atoms with Crippen LogP contribution in [0.4, 0.5) is 24.8 Å². The van der Waals surface area contributed by atoms with Gasteiger partial charge < -0.3 is 20.1 Å². The number of ether oxygens (including phenoxy) is 1. The zero-order chi connectivity index (χ0) is 26.6. The highest BCUT2D eigenvalue weighted by molar-refractivity contribution is 6.42. The molecule has 0 aliphatic rings. The first-order valence-electron chi connectivity index (χ1n) is 10.4. The summed E-state index contributed by atoms with van der Waals surface area (Å²) in [5.74, 6) is -2.56. The molecule has 13 heteroatoms. The molecule has 0 spiro atoms. The Labute approximate surface area is 213 Å². The fraction of sp³-hybridized carbons (Fsp3) is 0.217. The van der Waals surface area contributed by atoms with E-state index in [4.69, 9.17) is 27.9 Å². The van der Waals surface area contributed by atoms with Crippen LogP contribution in [0.25, 0.3) is 0 Å². The van der Waals surface area contributed by atoms with Gasteiger partial charge in [0.25, 0.3) is 5.91 Å². The van der Waals surface area contributed by atoms with E-state index in [1.54, 1.807) is 4.90 Å². The van der Waals surface area contributed by atoms with Gasteiger partial charge in [-0.2, -0.15) is 18.2 Å². The summed E-state index contributed by atoms with van der Waals surface area (Å²) in [5.41, 5.74) is -1.78. The summed E-state index contributed by atoms with van der Waals surface area (Å²) in [6, 6.07) is 6.24. The minimum atomic E-state index is -4.60. The van der Waals surface area contributed by atoms with E-state index in [2.05, 4.69) is 15.3 Å². The molecule has 36 heavy (non-hydrogen) atoms. The molecule has 1 amide bonds. The number of aromatic nitrogens is 2. The Morgan fingerprint density at radius 3 is 2.31 bits per heavy atom. The van der Waals surface area contributed by atoms with Gasteiger partial charge >= 0.3 is 12.1 Å². The number of amides is 1. The van der Waals surface area contributed by atoms with Gasteiger partial charge in [0.15, 0.2) is 0 Å². The fourth-order valence-electron chi connectivity index (χ4n) is 3.13. The van der Waals surface area contributed by atoms with Crippen molar-refractivity contribution in [3.8, 4) is 11.6 Å². The number of anilines is 2. The summed E-state index contributed by atoms with van der Waals surface area (Å²) in [4.78, 5) is 34.8. The Bertz CT molecular complexity index is 1300. The number of hydrogen-bond acceptors (Lipinski definition) is 6. The van der Waals surface area contributed by atoms with Crippen molar-refractivity contribution in [1.29, 1.82) is 0 Å². The first kappa shape index (κ1) is 27.0. The summed E-state index contributed by atoms with van der Waals surface area (Å²) in [5, 5.41) is 11.8. The average molecular weight is 543 g/mol. The number of alkyl halides is 3. The van der Waals surface area contributed by atoms with E-state index in [-0.39, 0.29) is 38.9 Å². The molecule has 8 nitrogen and oxygen atoms in total. The molecular formula is C23H19Cl2F3N4O4. The maximum atomic E-state index is 13.2. The molecule has 3 aromatic rings. The number of carboxylic acid groups (broad SMARTS) is 1. The Kier molecular flexibility index (Phi) is 8.26. The third kappa shape index (κ3) is 6.16. The summed E-state index contributed by atoms with van der Waals surface area (Å²) >= 11 is 11.8. The minimum absolute atomic E-state index is 0.0552. The number of benzene rings is 2. The quantitative estimate of drug-likeness (QED) is 0.339. The molecule has 2 N–H and O–H groups in total. The van der Waals surface area contributed by atoms with Crippen LogP contribution < -0.4 is 15.0 Å². The van der Waals surface area contributed by atoms with Gasteiger partial charge in [0.05, 0.1) is 32.9 Å². The summed E-state index contributed by atoms with van der Waals surface area (Å²) in [6.07, 6.45) is -3.39. The molecule has 3 rings (SSSR count). The van der Waals surface area contributed by atoms with Crippen molar-refractivity contribution in [3.63, 3.8) is 0 Å². The topological polar surface area (TPSA) is 105 Å². The van der Waals surface area contributed by atoms with Crippen molar-refractivity contribution in [3.05, 3.63) is 69.3 Å². The predicted molar refractivity (Wildman–Crippen MR) is 128 cm³/mol. The lowest BCUT2D eigenvalue weighted by Gasteiger charge is -2.20. The third-order valence-corrected chi connectivity index (χ3v) is 5.67. The third-order valence-electron chi connectivity index (χ3n) is 4.95. The van der Waals surface area contributed by atoms with Crippen molar-refractivity contribution >= 4 is 46.7 Å². The molecule has 190 valence electrons. The molecule has 0 radical (unpaired) electrons. The Morgan fingerprint density at radius 1 is 1.08 bits per heavy atom. The molecule has 1 aromatic heterocycles. The van der Waals surface area contributed by atoms with E-state index in [0.29, 0.717) is 13.1 Å². The molecule has 0 saturated carbocycles. The molecular weight excluding hydrogens is 524 g/mol. The summed E-state index contributed by atoms with van der Waals surface area (Å²) < 4.78 is 45.1. The molecule has 0 aliphatic carbocycles. The Morgan fingerprint density at radius 2 is 1.72 bits per heavy atom. The van der Waals surface area contributed by atoms with Crippen LogP contribution in [0.3, 0.4) is 0 Å². The van der Waals surface area contributed by atoms with Crippen molar-refractivity contribution in [2.75, 3.05) is 23.3 Å². The van der Waals surface area contributed by atoms with Crippen LogP contribution in [0.2, 0.25) is 10.0 Å². The van der Waals surface area contributed by atoms with Crippen LogP contribution in [0.15, 0.2) is 42.6 Å². The van der Waals surface area contributed by atoms with Gasteiger partial charge in [-0.05, 0) is 44.2 Å². The highest BCUT2D eigenvalue weighted by atomic mass is 35.5. The Hall–Kier alpha value is -3.57. The van der Waals surface area contributed by atoms with Crippen molar-refractivity contribution in [2.45, 2.75) is 20.0 Å². The number of nitrogens with one attached hydrogen (secondary N) is 1. The van der Waals surface area contributed by atoms with Gasteiger partial charge in [0.1, 0.15) is 11.4 Å². The van der Waals surface area contributed by atoms with Crippen LogP contribution in [0, 0.1) is 0 Å². The maximum absolute atomic E-state index is 13.2. The molecule has 0 saturated heterocycles. The van der Waals surface area contributed by atoms with Gasteiger partial charge in [0, 0.05) is 13.1 Å². The van der Waals surface area contributed by atoms with E-state index in [0.717, 1.165) is 30.3 Å². The fourth-order valence-corrected chi connectivity index (χ4v) is 3.46. The smallest absolute Gasteiger partial charge is 0.416 e. The van der Waals surface area contributed by atoms with E-state index in [9.17, 15) is 27.9 Å². The molecule has 0 atom stereocenters. The number of hydrogen-bond donors (Lipinski definition) is 2. The predicted octanol–water partition coefficient (Wildman–Crippen LogP) is 6.39. The first-order chi connectivity index (χ1) is 16.9. The number of carbonyl (C=O) groups is 2. The number of aromatic carboxylic acids is 1. The summed E-state index contributed by atoms with van der Waals surface area (Å²) in [7, 11) is 0. The van der Waals surface area contributed by atoms with E-state index in [1.165, 1.54) is 12.3 Å². The van der Waals surface area contributed by atoms with Crippen molar-refractivity contribution < 1.29 is 32.6 Å². The van der Waals surface area contributed by atoms with Crippen LogP contribution in [0.1, 0.15) is 40.1 Å².